The summed E-state index contributed by atoms with van der Waals surface area (Å²) in [5, 5.41) is 0. The zero-order chi connectivity index (χ0) is 18.0. The molecule has 1 aromatic rings. The molecule has 0 radical (unpaired) electrons. The third-order valence-electron chi connectivity index (χ3n) is 4.38. The van der Waals surface area contributed by atoms with Gasteiger partial charge in [0, 0.05) is 13.7 Å². The molecule has 144 valence electrons. The third kappa shape index (κ3) is 7.45. The minimum atomic E-state index is -3.39. The number of sulfonamides is 1. The van der Waals surface area contributed by atoms with Gasteiger partial charge in [-0.05, 0) is 38.1 Å². The molecule has 1 aliphatic rings. The summed E-state index contributed by atoms with van der Waals surface area (Å²) >= 11 is 0. The van der Waals surface area contributed by atoms with Gasteiger partial charge in [-0.2, -0.15) is 0 Å². The molecular weight excluding hydrogens is 344 g/mol. The number of likely N-dealkylation sites (tertiary alicyclic amines) is 1. The van der Waals surface area contributed by atoms with Crippen LogP contribution in [0.25, 0.3) is 0 Å². The average Bonchev–Trinajstić information content (AvgIpc) is 2.98. The largest absolute Gasteiger partial charge is 0.468 e. The fourth-order valence-electron chi connectivity index (χ4n) is 2.99. The lowest BCUT2D eigenvalue weighted by molar-refractivity contribution is 0.0784. The lowest BCUT2D eigenvalue weighted by Gasteiger charge is -2.29. The first-order valence-corrected chi connectivity index (χ1v) is 10.6. The van der Waals surface area contributed by atoms with Crippen molar-refractivity contribution in [3.63, 3.8) is 0 Å². The van der Waals surface area contributed by atoms with E-state index < -0.39 is 10.0 Å². The minimum Gasteiger partial charge on any atom is -0.468 e. The summed E-state index contributed by atoms with van der Waals surface area (Å²) in [6.45, 7) is 3.26. The molecule has 8 heteroatoms. The maximum atomic E-state index is 12.2. The Bertz CT molecular complexity index is 554. The van der Waals surface area contributed by atoms with Crippen LogP contribution in [0.1, 0.15) is 37.5 Å². The Kier molecular flexibility index (Phi) is 8.91. The van der Waals surface area contributed by atoms with Crippen molar-refractivity contribution in [2.45, 2.75) is 31.7 Å². The molecule has 0 aromatic carbocycles. The smallest absolute Gasteiger partial charge is 0.213 e. The molecule has 0 aliphatic carbocycles. The Labute approximate surface area is 150 Å². The van der Waals surface area contributed by atoms with Crippen molar-refractivity contribution in [2.75, 3.05) is 52.3 Å². The summed E-state index contributed by atoms with van der Waals surface area (Å²) in [6, 6.07) is 3.69. The molecular formula is C17H30N2O5S. The van der Waals surface area contributed by atoms with Crippen LogP contribution in [0.2, 0.25) is 0 Å². The average molecular weight is 375 g/mol. The Morgan fingerprint density at radius 1 is 1.20 bits per heavy atom. The number of rotatable bonds is 11. The molecule has 25 heavy (non-hydrogen) atoms. The molecule has 1 atom stereocenters. The second kappa shape index (κ2) is 10.9. The zero-order valence-corrected chi connectivity index (χ0v) is 15.8. The van der Waals surface area contributed by atoms with Gasteiger partial charge in [-0.15, -0.1) is 0 Å². The van der Waals surface area contributed by atoms with E-state index >= 15 is 0 Å². The Morgan fingerprint density at radius 3 is 2.60 bits per heavy atom. The fourth-order valence-corrected chi connectivity index (χ4v) is 3.88. The van der Waals surface area contributed by atoms with E-state index in [4.69, 9.17) is 13.9 Å². The first-order valence-electron chi connectivity index (χ1n) is 8.94. The van der Waals surface area contributed by atoms with Crippen LogP contribution < -0.4 is 4.72 Å². The molecule has 0 bridgehead atoms. The molecule has 7 nitrogen and oxygen atoms in total. The maximum Gasteiger partial charge on any atom is 0.213 e. The SMILES string of the molecule is COCCOCCS(=O)(=O)NCC(c1ccco1)N1CCCCCC1. The van der Waals surface area contributed by atoms with Crippen LogP contribution in [0.5, 0.6) is 0 Å². The summed E-state index contributed by atoms with van der Waals surface area (Å²) in [7, 11) is -1.80. The van der Waals surface area contributed by atoms with Crippen LogP contribution in [0.15, 0.2) is 22.8 Å². The number of nitrogens with zero attached hydrogens (tertiary/aromatic N) is 1. The normalized spacial score (nSPS) is 18.1. The van der Waals surface area contributed by atoms with Crippen LogP contribution in [-0.2, 0) is 19.5 Å². The van der Waals surface area contributed by atoms with Crippen molar-refractivity contribution in [2.24, 2.45) is 0 Å². The minimum absolute atomic E-state index is 0.0540. The highest BCUT2D eigenvalue weighted by Gasteiger charge is 2.25. The van der Waals surface area contributed by atoms with Gasteiger partial charge in [0.2, 0.25) is 10.0 Å². The van der Waals surface area contributed by atoms with Crippen LogP contribution in [-0.4, -0.2) is 65.6 Å². The number of furan rings is 1. The Hall–Kier alpha value is -0.930. The molecule has 1 aliphatic heterocycles. The second-order valence-corrected chi connectivity index (χ2v) is 8.18. The van der Waals surface area contributed by atoms with Crippen LogP contribution >= 0.6 is 0 Å². The first kappa shape index (κ1) is 20.4. The van der Waals surface area contributed by atoms with Crippen LogP contribution in [0, 0.1) is 0 Å². The highest BCUT2D eigenvalue weighted by Crippen LogP contribution is 2.24. The van der Waals surface area contributed by atoms with Gasteiger partial charge in [0.15, 0.2) is 0 Å². The fraction of sp³-hybridized carbons (Fsp3) is 0.765. The van der Waals surface area contributed by atoms with Crippen LogP contribution in [0.3, 0.4) is 0 Å². The molecule has 0 spiro atoms. The van der Waals surface area contributed by atoms with E-state index in [1.165, 1.54) is 12.8 Å². The van der Waals surface area contributed by atoms with E-state index in [-0.39, 0.29) is 18.4 Å². The van der Waals surface area contributed by atoms with Gasteiger partial charge in [0.05, 0.1) is 37.9 Å². The van der Waals surface area contributed by atoms with E-state index in [1.54, 1.807) is 13.4 Å². The third-order valence-corrected chi connectivity index (χ3v) is 5.69. The van der Waals surface area contributed by atoms with E-state index in [1.807, 2.05) is 12.1 Å². The van der Waals surface area contributed by atoms with Crippen molar-refractivity contribution in [1.82, 2.24) is 9.62 Å². The molecule has 1 aromatic heterocycles. The highest BCUT2D eigenvalue weighted by molar-refractivity contribution is 7.89. The summed E-state index contributed by atoms with van der Waals surface area (Å²) < 4.78 is 42.8. The van der Waals surface area contributed by atoms with E-state index in [0.717, 1.165) is 31.7 Å². The van der Waals surface area contributed by atoms with Gasteiger partial charge in [0.1, 0.15) is 5.76 Å². The maximum absolute atomic E-state index is 12.2. The molecule has 0 amide bonds. The van der Waals surface area contributed by atoms with Gasteiger partial charge in [-0.1, -0.05) is 12.8 Å². The van der Waals surface area contributed by atoms with Crippen molar-refractivity contribution in [3.8, 4) is 0 Å². The molecule has 1 saturated heterocycles. The summed E-state index contributed by atoms with van der Waals surface area (Å²) in [6.07, 6.45) is 6.37. The molecule has 2 rings (SSSR count). The monoisotopic (exact) mass is 374 g/mol. The number of hydrogen-bond donors (Lipinski definition) is 1. The quantitative estimate of drug-likeness (QED) is 0.595. The standard InChI is InChI=1S/C17H30N2O5S/c1-22-11-12-23-13-14-25(20,21)18-15-16(17-7-6-10-24-17)19-8-4-2-3-5-9-19/h6-7,10,16,18H,2-5,8-9,11-15H2,1H3. The zero-order valence-electron chi connectivity index (χ0n) is 15.0. The Morgan fingerprint density at radius 2 is 1.96 bits per heavy atom. The van der Waals surface area contributed by atoms with E-state index in [0.29, 0.717) is 19.8 Å². The summed E-state index contributed by atoms with van der Waals surface area (Å²) in [5.74, 6) is 0.752. The molecule has 0 saturated carbocycles. The lowest BCUT2D eigenvalue weighted by atomic mass is 10.2. The molecule has 1 fully saturated rings. The summed E-state index contributed by atoms with van der Waals surface area (Å²) in [4.78, 5) is 2.32. The van der Waals surface area contributed by atoms with E-state index in [9.17, 15) is 8.42 Å². The van der Waals surface area contributed by atoms with Crippen molar-refractivity contribution in [3.05, 3.63) is 24.2 Å². The predicted octanol–water partition coefficient (Wildman–Crippen LogP) is 1.78. The first-order chi connectivity index (χ1) is 12.1. The topological polar surface area (TPSA) is 81.0 Å². The Balaban J connectivity index is 1.88. The van der Waals surface area contributed by atoms with Gasteiger partial charge in [-0.25, -0.2) is 13.1 Å². The predicted molar refractivity (Wildman–Crippen MR) is 96.0 cm³/mol. The van der Waals surface area contributed by atoms with Gasteiger partial charge < -0.3 is 13.9 Å². The van der Waals surface area contributed by atoms with Gasteiger partial charge in [-0.3, -0.25) is 4.90 Å². The number of methoxy groups -OCH3 is 1. The number of hydrogen-bond acceptors (Lipinski definition) is 6. The van der Waals surface area contributed by atoms with Crippen LogP contribution in [0.4, 0.5) is 0 Å². The molecule has 1 N–H and O–H groups in total. The molecule has 2 heterocycles. The summed E-state index contributed by atoms with van der Waals surface area (Å²) in [5.41, 5.74) is 0. The van der Waals surface area contributed by atoms with Crippen molar-refractivity contribution in [1.29, 1.82) is 0 Å². The number of ether oxygens (including phenoxy) is 2. The van der Waals surface area contributed by atoms with Crippen molar-refractivity contribution < 1.29 is 22.3 Å². The second-order valence-electron chi connectivity index (χ2n) is 6.25. The highest BCUT2D eigenvalue weighted by atomic mass is 32.2. The molecule has 1 unspecified atom stereocenters. The van der Waals surface area contributed by atoms with E-state index in [2.05, 4.69) is 9.62 Å². The number of nitrogens with one attached hydrogen (secondary N) is 1. The van der Waals surface area contributed by atoms with Gasteiger partial charge in [0.25, 0.3) is 0 Å². The van der Waals surface area contributed by atoms with Crippen molar-refractivity contribution >= 4 is 10.0 Å². The van der Waals surface area contributed by atoms with Gasteiger partial charge >= 0.3 is 0 Å². The lowest BCUT2D eigenvalue weighted by Crippen LogP contribution is -2.39.